The molecule has 1 N–H and O–H groups in total. The number of rotatable bonds is 4. The fourth-order valence-electron chi connectivity index (χ4n) is 3.85. The topological polar surface area (TPSA) is 86.9 Å². The Balaban J connectivity index is 1.31. The third-order valence-electron chi connectivity index (χ3n) is 5.27. The van der Waals surface area contributed by atoms with Crippen LogP contribution in [0.1, 0.15) is 30.5 Å². The van der Waals surface area contributed by atoms with Crippen LogP contribution in [0.15, 0.2) is 35.4 Å². The average Bonchev–Trinajstić information content (AvgIpc) is 3.31. The van der Waals surface area contributed by atoms with E-state index in [4.69, 9.17) is 9.47 Å². The number of amides is 1. The van der Waals surface area contributed by atoms with Crippen LogP contribution in [0.3, 0.4) is 0 Å². The van der Waals surface area contributed by atoms with Crippen molar-refractivity contribution in [2.45, 2.75) is 38.6 Å². The number of nitrogens with zero attached hydrogens (tertiary/aromatic N) is 3. The molecule has 3 aromatic rings. The number of aromatic nitrogens is 3. The van der Waals surface area contributed by atoms with Crippen LogP contribution in [0, 0.1) is 0 Å². The molecule has 0 radical (unpaired) electrons. The maximum absolute atomic E-state index is 12.9. The maximum atomic E-state index is 12.9. The highest BCUT2D eigenvalue weighted by Gasteiger charge is 2.20. The van der Waals surface area contributed by atoms with Crippen LogP contribution in [0.4, 0.5) is 5.69 Å². The van der Waals surface area contributed by atoms with Gasteiger partial charge in [0.1, 0.15) is 5.52 Å². The van der Waals surface area contributed by atoms with Gasteiger partial charge < -0.3 is 19.4 Å². The molecule has 144 valence electrons. The Hall–Kier alpha value is -3.29. The molecule has 0 fully saturated rings. The van der Waals surface area contributed by atoms with Crippen molar-refractivity contribution in [3.05, 3.63) is 52.2 Å². The summed E-state index contributed by atoms with van der Waals surface area (Å²) >= 11 is 0. The molecule has 0 saturated heterocycles. The van der Waals surface area contributed by atoms with Crippen molar-refractivity contribution >= 4 is 17.1 Å². The van der Waals surface area contributed by atoms with Gasteiger partial charge in [0.25, 0.3) is 5.56 Å². The minimum Gasteiger partial charge on any atom is -0.454 e. The fourth-order valence-corrected chi connectivity index (χ4v) is 3.85. The molecule has 1 aromatic carbocycles. The molecule has 2 aromatic heterocycles. The zero-order valence-electron chi connectivity index (χ0n) is 15.3. The predicted molar refractivity (Wildman–Crippen MR) is 102 cm³/mol. The van der Waals surface area contributed by atoms with E-state index in [0.29, 0.717) is 29.2 Å². The maximum Gasteiger partial charge on any atom is 0.276 e. The Morgan fingerprint density at radius 2 is 2.00 bits per heavy atom. The number of fused-ring (bicyclic) bond motifs is 4. The Labute approximate surface area is 160 Å². The van der Waals surface area contributed by atoms with E-state index in [-0.39, 0.29) is 24.7 Å². The molecule has 2 aliphatic rings. The van der Waals surface area contributed by atoms with Gasteiger partial charge in [0, 0.05) is 42.7 Å². The highest BCUT2D eigenvalue weighted by Crippen LogP contribution is 2.34. The first kappa shape index (κ1) is 16.9. The van der Waals surface area contributed by atoms with Crippen LogP contribution < -0.4 is 20.3 Å². The van der Waals surface area contributed by atoms with Crippen molar-refractivity contribution in [1.29, 1.82) is 0 Å². The second kappa shape index (κ2) is 6.70. The molecule has 8 heteroatoms. The molecule has 0 unspecified atom stereocenters. The lowest BCUT2D eigenvalue weighted by Crippen LogP contribution is -2.24. The molecular formula is C20H20N4O4. The SMILES string of the molecule is O=C(CCn1ccn2nc3c(c2c1=O)CCCC3)Nc1ccc2c(c1)OCO2. The van der Waals surface area contributed by atoms with Crippen LogP contribution >= 0.6 is 0 Å². The van der Waals surface area contributed by atoms with Crippen LogP contribution in [0.2, 0.25) is 0 Å². The van der Waals surface area contributed by atoms with Gasteiger partial charge in [-0.1, -0.05) is 0 Å². The van der Waals surface area contributed by atoms with E-state index in [2.05, 4.69) is 10.4 Å². The lowest BCUT2D eigenvalue weighted by atomic mass is 9.97. The highest BCUT2D eigenvalue weighted by molar-refractivity contribution is 5.91. The lowest BCUT2D eigenvalue weighted by Gasteiger charge is -2.10. The first-order valence-corrected chi connectivity index (χ1v) is 9.48. The highest BCUT2D eigenvalue weighted by atomic mass is 16.7. The number of hydrogen-bond donors (Lipinski definition) is 1. The van der Waals surface area contributed by atoms with Crippen LogP contribution in [0.5, 0.6) is 11.5 Å². The van der Waals surface area contributed by atoms with Gasteiger partial charge in [-0.05, 0) is 37.8 Å². The molecule has 1 amide bonds. The number of nitrogens with one attached hydrogen (secondary N) is 1. The first-order valence-electron chi connectivity index (χ1n) is 9.48. The largest absolute Gasteiger partial charge is 0.454 e. The van der Waals surface area contributed by atoms with Gasteiger partial charge in [0.05, 0.1) is 5.69 Å². The second-order valence-electron chi connectivity index (χ2n) is 7.09. The molecular weight excluding hydrogens is 360 g/mol. The third kappa shape index (κ3) is 2.90. The number of ether oxygens (including phenoxy) is 2. The number of aryl methyl sites for hydroxylation is 3. The molecule has 0 atom stereocenters. The van der Waals surface area contributed by atoms with Crippen LogP contribution in [-0.4, -0.2) is 26.9 Å². The van der Waals surface area contributed by atoms with Gasteiger partial charge in [-0.2, -0.15) is 5.10 Å². The van der Waals surface area contributed by atoms with Gasteiger partial charge in [0.2, 0.25) is 12.7 Å². The minimum absolute atomic E-state index is 0.0889. The van der Waals surface area contributed by atoms with E-state index in [1.807, 2.05) is 0 Å². The summed E-state index contributed by atoms with van der Waals surface area (Å²) in [7, 11) is 0. The summed E-state index contributed by atoms with van der Waals surface area (Å²) in [5.41, 5.74) is 3.29. The van der Waals surface area contributed by atoms with E-state index in [1.54, 1.807) is 39.7 Å². The fraction of sp³-hybridized carbons (Fsp3) is 0.350. The van der Waals surface area contributed by atoms with Crippen molar-refractivity contribution in [2.75, 3.05) is 12.1 Å². The van der Waals surface area contributed by atoms with Crippen molar-refractivity contribution in [2.24, 2.45) is 0 Å². The molecule has 1 aliphatic heterocycles. The quantitative estimate of drug-likeness (QED) is 0.749. The Kier molecular flexibility index (Phi) is 4.03. The zero-order valence-corrected chi connectivity index (χ0v) is 15.3. The zero-order chi connectivity index (χ0) is 19.1. The molecule has 5 rings (SSSR count). The average molecular weight is 380 g/mol. The molecule has 0 spiro atoms. The van der Waals surface area contributed by atoms with E-state index in [9.17, 15) is 9.59 Å². The predicted octanol–water partition coefficient (Wildman–Crippen LogP) is 2.13. The number of carbonyl (C=O) groups is 1. The van der Waals surface area contributed by atoms with Crippen LogP contribution in [0.25, 0.3) is 5.52 Å². The number of benzene rings is 1. The Bertz CT molecular complexity index is 1130. The summed E-state index contributed by atoms with van der Waals surface area (Å²) < 4.78 is 13.9. The number of carbonyl (C=O) groups excluding carboxylic acids is 1. The van der Waals surface area contributed by atoms with Crippen molar-refractivity contribution < 1.29 is 14.3 Å². The third-order valence-corrected chi connectivity index (χ3v) is 5.27. The van der Waals surface area contributed by atoms with E-state index < -0.39 is 0 Å². The molecule has 0 saturated carbocycles. The smallest absolute Gasteiger partial charge is 0.276 e. The summed E-state index contributed by atoms with van der Waals surface area (Å²) in [6, 6.07) is 5.26. The first-order chi connectivity index (χ1) is 13.7. The summed E-state index contributed by atoms with van der Waals surface area (Å²) in [6.45, 7) is 0.502. The van der Waals surface area contributed by atoms with E-state index >= 15 is 0 Å². The molecule has 8 nitrogen and oxygen atoms in total. The summed E-state index contributed by atoms with van der Waals surface area (Å²) in [6.07, 6.45) is 7.70. The standard InChI is InChI=1S/C20H20N4O4/c25-18(21-13-5-6-16-17(11-13)28-12-27-16)7-8-23-9-10-24-19(20(23)26)14-3-1-2-4-15(14)22-24/h5-6,9-11H,1-4,7-8,12H2,(H,21,25). The van der Waals surface area contributed by atoms with Gasteiger partial charge in [-0.3, -0.25) is 9.59 Å². The van der Waals surface area contributed by atoms with Gasteiger partial charge in [-0.25, -0.2) is 4.52 Å². The van der Waals surface area contributed by atoms with Crippen LogP contribution in [-0.2, 0) is 24.2 Å². The van der Waals surface area contributed by atoms with Gasteiger partial charge in [-0.15, -0.1) is 0 Å². The normalized spacial score (nSPS) is 14.9. The number of anilines is 1. The molecule has 3 heterocycles. The summed E-state index contributed by atoms with van der Waals surface area (Å²) in [5.74, 6) is 1.12. The molecule has 28 heavy (non-hydrogen) atoms. The van der Waals surface area contributed by atoms with Gasteiger partial charge in [0.15, 0.2) is 11.5 Å². The van der Waals surface area contributed by atoms with E-state index in [1.165, 1.54) is 0 Å². The lowest BCUT2D eigenvalue weighted by molar-refractivity contribution is -0.116. The monoisotopic (exact) mass is 380 g/mol. The van der Waals surface area contributed by atoms with Crippen molar-refractivity contribution in [1.82, 2.24) is 14.2 Å². The minimum atomic E-state index is -0.166. The van der Waals surface area contributed by atoms with Crippen molar-refractivity contribution in [3.63, 3.8) is 0 Å². The van der Waals surface area contributed by atoms with E-state index in [0.717, 1.165) is 36.9 Å². The number of hydrogen-bond acceptors (Lipinski definition) is 5. The molecule has 1 aliphatic carbocycles. The summed E-state index contributed by atoms with van der Waals surface area (Å²) in [4.78, 5) is 25.2. The second-order valence-corrected chi connectivity index (χ2v) is 7.09. The Morgan fingerprint density at radius 3 is 2.93 bits per heavy atom. The van der Waals surface area contributed by atoms with Crippen molar-refractivity contribution in [3.8, 4) is 11.5 Å². The Morgan fingerprint density at radius 1 is 1.14 bits per heavy atom. The van der Waals surface area contributed by atoms with Gasteiger partial charge >= 0.3 is 0 Å². The summed E-state index contributed by atoms with van der Waals surface area (Å²) in [5, 5.41) is 7.37. The molecule has 0 bridgehead atoms.